The van der Waals surface area contributed by atoms with E-state index in [1.165, 1.54) is 0 Å². The van der Waals surface area contributed by atoms with Crippen molar-refractivity contribution < 1.29 is 19.5 Å². The van der Waals surface area contributed by atoms with Crippen molar-refractivity contribution in [3.8, 4) is 0 Å². The number of carboxylic acids is 1. The predicted octanol–water partition coefficient (Wildman–Crippen LogP) is 2.33. The fourth-order valence-corrected chi connectivity index (χ4v) is 1.83. The Morgan fingerprint density at radius 2 is 1.76 bits per heavy atom. The van der Waals surface area contributed by atoms with E-state index in [4.69, 9.17) is 5.11 Å². The number of thiol groups is 1. The van der Waals surface area contributed by atoms with E-state index in [0.29, 0.717) is 31.4 Å². The van der Waals surface area contributed by atoms with Gasteiger partial charge in [0.25, 0.3) is 5.91 Å². The van der Waals surface area contributed by atoms with Crippen molar-refractivity contribution in [3.63, 3.8) is 0 Å². The van der Waals surface area contributed by atoms with Crippen LogP contribution in [0.25, 0.3) is 0 Å². The van der Waals surface area contributed by atoms with E-state index in [1.54, 1.807) is 30.3 Å². The first-order chi connectivity index (χ1) is 10.0. The largest absolute Gasteiger partial charge is 0.481 e. The number of hydrogen-bond donors (Lipinski definition) is 3. The summed E-state index contributed by atoms with van der Waals surface area (Å²) in [5.41, 5.74) is 0.397. The standard InChI is InChI=1S/C14H18N2O4S/c17-12(18)9-5-2-6-10-16(21)14(20)15-13(19)11-7-3-1-4-8-11/h1,3-4,7-8,21H,2,5-6,9-10H2,(H,17,18)(H,15,19,20). The summed E-state index contributed by atoms with van der Waals surface area (Å²) in [6.07, 6.45) is 1.99. The van der Waals surface area contributed by atoms with Gasteiger partial charge in [-0.05, 0) is 25.0 Å². The van der Waals surface area contributed by atoms with E-state index in [-0.39, 0.29) is 6.42 Å². The van der Waals surface area contributed by atoms with Gasteiger partial charge < -0.3 is 5.11 Å². The molecule has 0 radical (unpaired) electrons. The highest BCUT2D eigenvalue weighted by Crippen LogP contribution is 2.05. The van der Waals surface area contributed by atoms with Crippen LogP contribution in [0.15, 0.2) is 30.3 Å². The third-order valence-electron chi connectivity index (χ3n) is 2.75. The molecule has 0 heterocycles. The number of hydrogen-bond acceptors (Lipinski definition) is 4. The summed E-state index contributed by atoms with van der Waals surface area (Å²) in [5, 5.41) is 10.7. The Kier molecular flexibility index (Phi) is 7.31. The van der Waals surface area contributed by atoms with Crippen LogP contribution in [0.5, 0.6) is 0 Å². The molecule has 0 fully saturated rings. The lowest BCUT2D eigenvalue weighted by molar-refractivity contribution is -0.137. The molecule has 0 saturated carbocycles. The molecule has 7 heteroatoms. The second-order valence-electron chi connectivity index (χ2n) is 4.45. The number of nitrogens with zero attached hydrogens (tertiary/aromatic N) is 1. The summed E-state index contributed by atoms with van der Waals surface area (Å²) in [6.45, 7) is 0.344. The third-order valence-corrected chi connectivity index (χ3v) is 3.13. The summed E-state index contributed by atoms with van der Waals surface area (Å²) >= 11 is 4.01. The van der Waals surface area contributed by atoms with Crippen LogP contribution in [0.4, 0.5) is 4.79 Å². The number of aliphatic carboxylic acids is 1. The highest BCUT2D eigenvalue weighted by Gasteiger charge is 2.14. The van der Waals surface area contributed by atoms with Crippen LogP contribution in [0.2, 0.25) is 0 Å². The van der Waals surface area contributed by atoms with Crippen LogP contribution in [0.1, 0.15) is 36.0 Å². The van der Waals surface area contributed by atoms with Crippen LogP contribution in [0.3, 0.4) is 0 Å². The van der Waals surface area contributed by atoms with E-state index in [0.717, 1.165) is 4.31 Å². The number of carbonyl (C=O) groups excluding carboxylic acids is 2. The molecular formula is C14H18N2O4S. The van der Waals surface area contributed by atoms with Crippen molar-refractivity contribution in [1.29, 1.82) is 0 Å². The smallest absolute Gasteiger partial charge is 0.334 e. The molecule has 0 aliphatic heterocycles. The van der Waals surface area contributed by atoms with Gasteiger partial charge in [0.05, 0.1) is 0 Å². The van der Waals surface area contributed by atoms with Crippen LogP contribution in [0, 0.1) is 0 Å². The summed E-state index contributed by atoms with van der Waals surface area (Å²) in [5.74, 6) is -1.31. The molecule has 0 bridgehead atoms. The van der Waals surface area contributed by atoms with Crippen LogP contribution < -0.4 is 5.32 Å². The Hall–Kier alpha value is -2.02. The van der Waals surface area contributed by atoms with Gasteiger partial charge >= 0.3 is 12.0 Å². The van der Waals surface area contributed by atoms with E-state index < -0.39 is 17.9 Å². The molecule has 21 heavy (non-hydrogen) atoms. The summed E-state index contributed by atoms with van der Waals surface area (Å²) < 4.78 is 1.11. The molecule has 0 spiro atoms. The third kappa shape index (κ3) is 6.80. The van der Waals surface area contributed by atoms with Gasteiger partial charge in [0.15, 0.2) is 0 Å². The van der Waals surface area contributed by atoms with Crippen molar-refractivity contribution in [1.82, 2.24) is 9.62 Å². The van der Waals surface area contributed by atoms with Crippen LogP contribution >= 0.6 is 12.8 Å². The molecule has 0 unspecified atom stereocenters. The number of unbranched alkanes of at least 4 members (excludes halogenated alkanes) is 2. The van der Waals surface area contributed by atoms with Gasteiger partial charge in [-0.25, -0.2) is 4.79 Å². The van der Waals surface area contributed by atoms with Gasteiger partial charge in [0.2, 0.25) is 0 Å². The number of benzene rings is 1. The second-order valence-corrected chi connectivity index (χ2v) is 4.94. The van der Waals surface area contributed by atoms with Gasteiger partial charge in [0, 0.05) is 18.5 Å². The Bertz CT molecular complexity index is 493. The zero-order chi connectivity index (χ0) is 15.7. The molecule has 2 N–H and O–H groups in total. The molecule has 114 valence electrons. The van der Waals surface area contributed by atoms with Crippen LogP contribution in [-0.2, 0) is 4.79 Å². The van der Waals surface area contributed by atoms with E-state index >= 15 is 0 Å². The lowest BCUT2D eigenvalue weighted by Crippen LogP contribution is -2.38. The number of urea groups is 1. The molecule has 1 aromatic rings. The molecule has 0 aliphatic carbocycles. The van der Waals surface area contributed by atoms with E-state index in [9.17, 15) is 14.4 Å². The lowest BCUT2D eigenvalue weighted by atomic mass is 10.2. The average Bonchev–Trinajstić information content (AvgIpc) is 2.47. The summed E-state index contributed by atoms with van der Waals surface area (Å²) in [4.78, 5) is 33.8. The fourth-order valence-electron chi connectivity index (χ4n) is 1.64. The average molecular weight is 310 g/mol. The van der Waals surface area contributed by atoms with Gasteiger partial charge in [-0.15, -0.1) is 0 Å². The zero-order valence-corrected chi connectivity index (χ0v) is 12.4. The van der Waals surface area contributed by atoms with Gasteiger partial charge in [-0.2, -0.15) is 0 Å². The maximum atomic E-state index is 11.8. The first-order valence-corrected chi connectivity index (χ1v) is 6.99. The maximum Gasteiger partial charge on any atom is 0.334 e. The predicted molar refractivity (Wildman–Crippen MR) is 81.1 cm³/mol. The van der Waals surface area contributed by atoms with Gasteiger partial charge in [0.1, 0.15) is 0 Å². The molecular weight excluding hydrogens is 292 g/mol. The number of amides is 3. The molecule has 0 saturated heterocycles. The second kappa shape index (κ2) is 9.02. The van der Waals surface area contributed by atoms with E-state index in [2.05, 4.69) is 18.1 Å². The molecule has 6 nitrogen and oxygen atoms in total. The first-order valence-electron chi connectivity index (χ1n) is 6.59. The Morgan fingerprint density at radius 1 is 1.10 bits per heavy atom. The Labute approximate surface area is 128 Å². The quantitative estimate of drug-likeness (QED) is 0.533. The minimum absolute atomic E-state index is 0.116. The molecule has 1 aromatic carbocycles. The first kappa shape index (κ1) is 17.0. The Morgan fingerprint density at radius 3 is 2.38 bits per heavy atom. The Balaban J connectivity index is 2.28. The molecule has 3 amide bonds. The number of carboxylic acid groups (broad SMARTS) is 1. The summed E-state index contributed by atoms with van der Waals surface area (Å²) in [6, 6.07) is 7.82. The topological polar surface area (TPSA) is 86.7 Å². The molecule has 1 rings (SSSR count). The van der Waals surface area contributed by atoms with Gasteiger partial charge in [-0.1, -0.05) is 37.4 Å². The zero-order valence-electron chi connectivity index (χ0n) is 11.5. The van der Waals surface area contributed by atoms with Gasteiger partial charge in [-0.3, -0.25) is 19.2 Å². The molecule has 0 aliphatic rings. The molecule has 0 atom stereocenters. The number of imide groups is 1. The lowest BCUT2D eigenvalue weighted by Gasteiger charge is -2.15. The monoisotopic (exact) mass is 310 g/mol. The summed E-state index contributed by atoms with van der Waals surface area (Å²) in [7, 11) is 0. The van der Waals surface area contributed by atoms with Crippen molar-refractivity contribution in [2.75, 3.05) is 6.54 Å². The van der Waals surface area contributed by atoms with Crippen molar-refractivity contribution >= 4 is 30.7 Å². The minimum atomic E-state index is -0.830. The molecule has 0 aromatic heterocycles. The van der Waals surface area contributed by atoms with Crippen molar-refractivity contribution in [2.45, 2.75) is 25.7 Å². The highest BCUT2D eigenvalue weighted by molar-refractivity contribution is 7.78. The highest BCUT2D eigenvalue weighted by atomic mass is 32.1. The number of carbonyl (C=O) groups is 3. The minimum Gasteiger partial charge on any atom is -0.481 e. The SMILES string of the molecule is O=C(O)CCCCCN(S)C(=O)NC(=O)c1ccccc1. The van der Waals surface area contributed by atoms with Crippen LogP contribution in [-0.4, -0.2) is 33.9 Å². The normalized spacial score (nSPS) is 9.95. The van der Waals surface area contributed by atoms with E-state index in [1.807, 2.05) is 0 Å². The number of nitrogens with one attached hydrogen (secondary N) is 1. The van der Waals surface area contributed by atoms with Crippen molar-refractivity contribution in [3.05, 3.63) is 35.9 Å². The fraction of sp³-hybridized carbons (Fsp3) is 0.357. The number of rotatable bonds is 7. The van der Waals surface area contributed by atoms with Crippen molar-refractivity contribution in [2.24, 2.45) is 0 Å². The maximum absolute atomic E-state index is 11.8.